The van der Waals surface area contributed by atoms with Gasteiger partial charge in [0.15, 0.2) is 0 Å². The van der Waals surface area contributed by atoms with E-state index in [0.717, 1.165) is 18.4 Å². The molecule has 0 fully saturated rings. The van der Waals surface area contributed by atoms with E-state index in [1.54, 1.807) is 12.1 Å². The summed E-state index contributed by atoms with van der Waals surface area (Å²) in [7, 11) is -3.49. The van der Waals surface area contributed by atoms with Crippen LogP contribution in [0.5, 0.6) is 0 Å². The summed E-state index contributed by atoms with van der Waals surface area (Å²) < 4.78 is 32.0. The number of nitrogens with one attached hydrogen (secondary N) is 1. The van der Waals surface area contributed by atoms with Crippen LogP contribution >= 0.6 is 0 Å². The molecule has 114 valence electrons. The second-order valence-corrected chi connectivity index (χ2v) is 6.34. The molecule has 3 N–H and O–H groups in total. The second kappa shape index (κ2) is 8.24. The molecule has 20 heavy (non-hydrogen) atoms. The molecule has 0 aliphatic rings. The second-order valence-electron chi connectivity index (χ2n) is 4.58. The van der Waals surface area contributed by atoms with Crippen LogP contribution in [0, 0.1) is 0 Å². The summed E-state index contributed by atoms with van der Waals surface area (Å²) in [6.45, 7) is 5.65. The van der Waals surface area contributed by atoms with Gasteiger partial charge in [-0.15, -0.1) is 0 Å². The zero-order valence-electron chi connectivity index (χ0n) is 12.2. The van der Waals surface area contributed by atoms with Crippen molar-refractivity contribution >= 4 is 15.7 Å². The fourth-order valence-corrected chi connectivity index (χ4v) is 2.88. The molecule has 0 spiro atoms. The summed E-state index contributed by atoms with van der Waals surface area (Å²) >= 11 is 0. The molecule has 1 rings (SSSR count). The largest absolute Gasteiger partial charge is 0.398 e. The SMILES string of the molecule is CCCOCCCNS(=O)(=O)c1ccc(CC)c(N)c1. The van der Waals surface area contributed by atoms with E-state index in [4.69, 9.17) is 10.5 Å². The Bertz CT molecular complexity index is 515. The Hall–Kier alpha value is -1.11. The van der Waals surface area contributed by atoms with Gasteiger partial charge in [0.1, 0.15) is 0 Å². The molecule has 0 aliphatic carbocycles. The Morgan fingerprint density at radius 2 is 2.00 bits per heavy atom. The summed E-state index contributed by atoms with van der Waals surface area (Å²) in [6, 6.07) is 4.86. The van der Waals surface area contributed by atoms with Crippen molar-refractivity contribution in [2.24, 2.45) is 0 Å². The molecule has 0 aromatic heterocycles. The number of aryl methyl sites for hydroxylation is 1. The monoisotopic (exact) mass is 300 g/mol. The first-order chi connectivity index (χ1) is 9.51. The molecule has 0 amide bonds. The minimum Gasteiger partial charge on any atom is -0.398 e. The molecule has 0 atom stereocenters. The van der Waals surface area contributed by atoms with Gasteiger partial charge in [-0.1, -0.05) is 19.9 Å². The summed E-state index contributed by atoms with van der Waals surface area (Å²) in [4.78, 5) is 0.210. The predicted molar refractivity (Wildman–Crippen MR) is 81.1 cm³/mol. The number of nitrogens with two attached hydrogens (primary N) is 1. The zero-order valence-corrected chi connectivity index (χ0v) is 13.0. The maximum Gasteiger partial charge on any atom is 0.240 e. The highest BCUT2D eigenvalue weighted by Crippen LogP contribution is 2.18. The molecule has 6 heteroatoms. The van der Waals surface area contributed by atoms with Gasteiger partial charge in [-0.25, -0.2) is 13.1 Å². The Labute approximate surface area is 121 Å². The van der Waals surface area contributed by atoms with Crippen LogP contribution in [0.3, 0.4) is 0 Å². The Morgan fingerprint density at radius 1 is 1.25 bits per heavy atom. The zero-order chi connectivity index (χ0) is 15.0. The number of hydrogen-bond donors (Lipinski definition) is 2. The van der Waals surface area contributed by atoms with Crippen LogP contribution in [0.15, 0.2) is 23.1 Å². The van der Waals surface area contributed by atoms with Crippen molar-refractivity contribution in [3.63, 3.8) is 0 Å². The lowest BCUT2D eigenvalue weighted by Gasteiger charge is -2.09. The van der Waals surface area contributed by atoms with Gasteiger partial charge in [0.2, 0.25) is 10.0 Å². The molecule has 0 radical (unpaired) electrons. The minimum absolute atomic E-state index is 0.210. The van der Waals surface area contributed by atoms with Gasteiger partial charge in [0.05, 0.1) is 4.90 Å². The minimum atomic E-state index is -3.49. The fraction of sp³-hybridized carbons (Fsp3) is 0.571. The lowest BCUT2D eigenvalue weighted by Crippen LogP contribution is -2.25. The number of benzene rings is 1. The number of ether oxygens (including phenoxy) is 1. The van der Waals surface area contributed by atoms with E-state index >= 15 is 0 Å². The van der Waals surface area contributed by atoms with Crippen molar-refractivity contribution in [1.82, 2.24) is 4.72 Å². The first kappa shape index (κ1) is 16.9. The van der Waals surface area contributed by atoms with E-state index < -0.39 is 10.0 Å². The molecule has 0 aliphatic heterocycles. The van der Waals surface area contributed by atoms with Crippen molar-refractivity contribution < 1.29 is 13.2 Å². The molecule has 0 saturated carbocycles. The molecular formula is C14H24N2O3S. The average molecular weight is 300 g/mol. The standard InChI is InChI=1S/C14H24N2O3S/c1-3-9-19-10-5-8-16-20(17,18)13-7-6-12(4-2)14(15)11-13/h6-7,11,16H,3-5,8-10,15H2,1-2H3. The van der Waals surface area contributed by atoms with E-state index in [9.17, 15) is 8.42 Å². The number of sulfonamides is 1. The third kappa shape index (κ3) is 5.11. The maximum absolute atomic E-state index is 12.1. The van der Waals surface area contributed by atoms with E-state index in [-0.39, 0.29) is 4.90 Å². The van der Waals surface area contributed by atoms with E-state index in [0.29, 0.717) is 31.9 Å². The first-order valence-electron chi connectivity index (χ1n) is 6.97. The Morgan fingerprint density at radius 3 is 2.60 bits per heavy atom. The van der Waals surface area contributed by atoms with Crippen LogP contribution in [0.2, 0.25) is 0 Å². The highest BCUT2D eigenvalue weighted by molar-refractivity contribution is 7.89. The summed E-state index contributed by atoms with van der Waals surface area (Å²) in [5.41, 5.74) is 7.30. The quantitative estimate of drug-likeness (QED) is 0.539. The Kier molecular flexibility index (Phi) is 6.98. The first-order valence-corrected chi connectivity index (χ1v) is 8.45. The normalized spacial score (nSPS) is 11.7. The average Bonchev–Trinajstić information content (AvgIpc) is 2.42. The Balaban J connectivity index is 2.54. The molecule has 1 aromatic carbocycles. The van der Waals surface area contributed by atoms with Crippen LogP contribution in [0.4, 0.5) is 5.69 Å². The molecule has 0 unspecified atom stereocenters. The molecule has 5 nitrogen and oxygen atoms in total. The summed E-state index contributed by atoms with van der Waals surface area (Å²) in [5, 5.41) is 0. The van der Waals surface area contributed by atoms with Gasteiger partial charge >= 0.3 is 0 Å². The highest BCUT2D eigenvalue weighted by atomic mass is 32.2. The molecule has 1 aromatic rings. The number of nitrogen functional groups attached to an aromatic ring is 1. The van der Waals surface area contributed by atoms with Crippen molar-refractivity contribution in [1.29, 1.82) is 0 Å². The third-order valence-corrected chi connectivity index (χ3v) is 4.37. The number of hydrogen-bond acceptors (Lipinski definition) is 4. The van der Waals surface area contributed by atoms with Crippen LogP contribution in [-0.4, -0.2) is 28.2 Å². The van der Waals surface area contributed by atoms with Crippen molar-refractivity contribution in [3.8, 4) is 0 Å². The highest BCUT2D eigenvalue weighted by Gasteiger charge is 2.14. The maximum atomic E-state index is 12.1. The predicted octanol–water partition coefficient (Wildman–Crippen LogP) is 1.93. The lowest BCUT2D eigenvalue weighted by atomic mass is 10.1. The van der Waals surface area contributed by atoms with Gasteiger partial charge in [-0.05, 0) is 37.0 Å². The van der Waals surface area contributed by atoms with Gasteiger partial charge in [-0.2, -0.15) is 0 Å². The van der Waals surface area contributed by atoms with Crippen molar-refractivity contribution in [2.75, 3.05) is 25.5 Å². The number of rotatable bonds is 9. The summed E-state index contributed by atoms with van der Waals surface area (Å²) in [6.07, 6.45) is 2.41. The molecule has 0 heterocycles. The summed E-state index contributed by atoms with van der Waals surface area (Å²) in [5.74, 6) is 0. The van der Waals surface area contributed by atoms with Crippen molar-refractivity contribution in [3.05, 3.63) is 23.8 Å². The third-order valence-electron chi connectivity index (χ3n) is 2.91. The van der Waals surface area contributed by atoms with Gasteiger partial charge < -0.3 is 10.5 Å². The fourth-order valence-electron chi connectivity index (χ4n) is 1.77. The van der Waals surface area contributed by atoms with Gasteiger partial charge in [0.25, 0.3) is 0 Å². The van der Waals surface area contributed by atoms with E-state index in [1.807, 2.05) is 13.8 Å². The van der Waals surface area contributed by atoms with Crippen molar-refractivity contribution in [2.45, 2.75) is 38.0 Å². The molecule has 0 bridgehead atoms. The number of anilines is 1. The van der Waals surface area contributed by atoms with Crippen LogP contribution in [0.25, 0.3) is 0 Å². The van der Waals surface area contributed by atoms with Crippen LogP contribution in [-0.2, 0) is 21.2 Å². The molecule has 0 saturated heterocycles. The van der Waals surface area contributed by atoms with E-state index in [1.165, 1.54) is 6.07 Å². The topological polar surface area (TPSA) is 81.4 Å². The smallest absolute Gasteiger partial charge is 0.240 e. The van der Waals surface area contributed by atoms with Crippen LogP contribution < -0.4 is 10.5 Å². The molecular weight excluding hydrogens is 276 g/mol. The van der Waals surface area contributed by atoms with E-state index in [2.05, 4.69) is 4.72 Å². The van der Waals surface area contributed by atoms with Gasteiger partial charge in [-0.3, -0.25) is 0 Å². The van der Waals surface area contributed by atoms with Gasteiger partial charge in [0, 0.05) is 25.4 Å². The lowest BCUT2D eigenvalue weighted by molar-refractivity contribution is 0.133. The van der Waals surface area contributed by atoms with Crippen LogP contribution in [0.1, 0.15) is 32.3 Å².